The van der Waals surface area contributed by atoms with E-state index in [0.717, 1.165) is 0 Å². The first-order chi connectivity index (χ1) is 13.4. The fourth-order valence-corrected chi connectivity index (χ4v) is 3.65. The molecule has 2 fully saturated rings. The molecule has 0 radical (unpaired) electrons. The fraction of sp³-hybridized carbons (Fsp3) is 0.316. The predicted octanol–water partition coefficient (Wildman–Crippen LogP) is 1.25. The van der Waals surface area contributed by atoms with Crippen molar-refractivity contribution in [2.75, 3.05) is 11.9 Å². The van der Waals surface area contributed by atoms with Crippen LogP contribution in [0.15, 0.2) is 36.5 Å². The van der Waals surface area contributed by atoms with Gasteiger partial charge in [-0.05, 0) is 36.8 Å². The van der Waals surface area contributed by atoms with Crippen molar-refractivity contribution in [1.29, 1.82) is 0 Å². The van der Waals surface area contributed by atoms with Crippen LogP contribution in [-0.2, 0) is 16.0 Å². The molecule has 2 heterocycles. The van der Waals surface area contributed by atoms with Crippen LogP contribution in [0.5, 0.6) is 5.75 Å². The SMILES string of the molecule is O=C(Cc1cc(Cl)ccc1O)Nc1ccnc(C(=O)N[C@]23CCOC2C3O)c1. The van der Waals surface area contributed by atoms with Gasteiger partial charge >= 0.3 is 0 Å². The van der Waals surface area contributed by atoms with Gasteiger partial charge in [0.25, 0.3) is 5.91 Å². The van der Waals surface area contributed by atoms with Gasteiger partial charge in [-0.3, -0.25) is 14.6 Å². The number of aliphatic hydroxyl groups is 1. The molecule has 1 saturated heterocycles. The third kappa shape index (κ3) is 3.42. The zero-order valence-electron chi connectivity index (χ0n) is 14.7. The minimum Gasteiger partial charge on any atom is -0.508 e. The Labute approximate surface area is 165 Å². The molecule has 4 rings (SSSR count). The molecule has 0 spiro atoms. The van der Waals surface area contributed by atoms with Gasteiger partial charge in [0.1, 0.15) is 23.7 Å². The number of anilines is 1. The number of aromatic hydroxyl groups is 1. The lowest BCUT2D eigenvalue weighted by atomic mass is 10.1. The molecule has 9 heteroatoms. The Morgan fingerprint density at radius 1 is 1.32 bits per heavy atom. The first kappa shape index (κ1) is 18.7. The zero-order valence-corrected chi connectivity index (χ0v) is 15.4. The monoisotopic (exact) mass is 403 g/mol. The van der Waals surface area contributed by atoms with Crippen LogP contribution in [0.1, 0.15) is 22.5 Å². The molecule has 1 aromatic heterocycles. The van der Waals surface area contributed by atoms with Crippen molar-refractivity contribution < 1.29 is 24.5 Å². The van der Waals surface area contributed by atoms with Crippen molar-refractivity contribution in [2.24, 2.45) is 0 Å². The third-order valence-corrected chi connectivity index (χ3v) is 5.28. The maximum atomic E-state index is 12.5. The van der Waals surface area contributed by atoms with E-state index in [0.29, 0.717) is 29.3 Å². The topological polar surface area (TPSA) is 121 Å². The average Bonchev–Trinajstić information content (AvgIpc) is 3.00. The molecule has 2 amide bonds. The summed E-state index contributed by atoms with van der Waals surface area (Å²) in [5, 5.41) is 25.6. The Morgan fingerprint density at radius 3 is 2.89 bits per heavy atom. The van der Waals surface area contributed by atoms with Gasteiger partial charge in [0.15, 0.2) is 0 Å². The number of carbonyl (C=O) groups excluding carboxylic acids is 2. The van der Waals surface area contributed by atoms with Gasteiger partial charge in [-0.1, -0.05) is 11.6 Å². The van der Waals surface area contributed by atoms with Crippen LogP contribution in [0.3, 0.4) is 0 Å². The highest BCUT2D eigenvalue weighted by atomic mass is 35.5. The van der Waals surface area contributed by atoms with E-state index in [9.17, 15) is 19.8 Å². The summed E-state index contributed by atoms with van der Waals surface area (Å²) in [6, 6.07) is 7.47. The van der Waals surface area contributed by atoms with Gasteiger partial charge in [-0.15, -0.1) is 0 Å². The van der Waals surface area contributed by atoms with Gasteiger partial charge in [-0.25, -0.2) is 0 Å². The predicted molar refractivity (Wildman–Crippen MR) is 100 cm³/mol. The molecular formula is C19H18ClN3O5. The Morgan fingerprint density at radius 2 is 2.14 bits per heavy atom. The summed E-state index contributed by atoms with van der Waals surface area (Å²) in [5.41, 5.74) is 0.163. The molecule has 3 atom stereocenters. The number of halogens is 1. The number of fused-ring (bicyclic) bond motifs is 1. The second-order valence-corrected chi connectivity index (χ2v) is 7.34. The minimum atomic E-state index is -0.734. The first-order valence-corrected chi connectivity index (χ1v) is 9.12. The molecule has 1 aliphatic carbocycles. The maximum absolute atomic E-state index is 12.5. The van der Waals surface area contributed by atoms with E-state index in [2.05, 4.69) is 15.6 Å². The van der Waals surface area contributed by atoms with Crippen LogP contribution in [0.2, 0.25) is 5.02 Å². The number of phenolic OH excluding ortho intramolecular Hbond substituents is 1. The van der Waals surface area contributed by atoms with E-state index in [4.69, 9.17) is 16.3 Å². The highest BCUT2D eigenvalue weighted by Crippen LogP contribution is 2.47. The highest BCUT2D eigenvalue weighted by Gasteiger charge is 2.69. The van der Waals surface area contributed by atoms with Crippen molar-refractivity contribution in [3.8, 4) is 5.75 Å². The Kier molecular flexibility index (Phi) is 4.70. The van der Waals surface area contributed by atoms with E-state index in [1.54, 1.807) is 6.07 Å². The molecule has 2 unspecified atom stereocenters. The van der Waals surface area contributed by atoms with Crippen molar-refractivity contribution in [1.82, 2.24) is 10.3 Å². The number of rotatable bonds is 5. The van der Waals surface area contributed by atoms with Crippen LogP contribution in [0, 0.1) is 0 Å². The lowest BCUT2D eigenvalue weighted by Gasteiger charge is -2.14. The van der Waals surface area contributed by atoms with E-state index >= 15 is 0 Å². The highest BCUT2D eigenvalue weighted by molar-refractivity contribution is 6.30. The van der Waals surface area contributed by atoms with Gasteiger partial charge in [0.05, 0.1) is 12.0 Å². The number of hydrogen-bond donors (Lipinski definition) is 4. The summed E-state index contributed by atoms with van der Waals surface area (Å²) in [4.78, 5) is 28.8. The van der Waals surface area contributed by atoms with Crippen LogP contribution < -0.4 is 10.6 Å². The zero-order chi connectivity index (χ0) is 19.9. The molecule has 8 nitrogen and oxygen atoms in total. The second-order valence-electron chi connectivity index (χ2n) is 6.91. The molecule has 4 N–H and O–H groups in total. The minimum absolute atomic E-state index is 0.0232. The third-order valence-electron chi connectivity index (χ3n) is 5.04. The van der Waals surface area contributed by atoms with E-state index in [1.807, 2.05) is 0 Å². The van der Waals surface area contributed by atoms with E-state index < -0.39 is 17.6 Å². The van der Waals surface area contributed by atoms with Crippen LogP contribution in [0.4, 0.5) is 5.69 Å². The van der Waals surface area contributed by atoms with Crippen LogP contribution in [-0.4, -0.2) is 51.4 Å². The molecule has 28 heavy (non-hydrogen) atoms. The Hall–Kier alpha value is -2.68. The summed E-state index contributed by atoms with van der Waals surface area (Å²) < 4.78 is 5.36. The number of phenols is 1. The molecule has 0 bridgehead atoms. The lowest BCUT2D eigenvalue weighted by Crippen LogP contribution is -2.40. The smallest absolute Gasteiger partial charge is 0.270 e. The molecule has 2 aliphatic rings. The number of benzene rings is 1. The van der Waals surface area contributed by atoms with E-state index in [1.165, 1.54) is 30.5 Å². The Balaban J connectivity index is 1.41. The molecule has 1 aliphatic heterocycles. The lowest BCUT2D eigenvalue weighted by molar-refractivity contribution is -0.115. The number of amides is 2. The Bertz CT molecular complexity index is 953. The summed E-state index contributed by atoms with van der Waals surface area (Å²) in [7, 11) is 0. The van der Waals surface area contributed by atoms with Gasteiger partial charge in [-0.2, -0.15) is 0 Å². The number of ether oxygens (including phenoxy) is 1. The van der Waals surface area contributed by atoms with Crippen LogP contribution in [0.25, 0.3) is 0 Å². The standard InChI is InChI=1S/C19H18ClN3O5/c20-11-1-2-14(24)10(7-11)8-15(25)22-12-3-5-21-13(9-12)18(27)23-19-4-6-28-17(19)16(19)26/h1-3,5,7,9,16-17,24,26H,4,6,8H2,(H,23,27)(H,21,22,25)/t16?,17?,19-/m0/s1. The van der Waals surface area contributed by atoms with Crippen molar-refractivity contribution in [3.63, 3.8) is 0 Å². The summed E-state index contributed by atoms with van der Waals surface area (Å²) >= 11 is 5.89. The molecule has 1 saturated carbocycles. The fourth-order valence-electron chi connectivity index (χ4n) is 3.46. The average molecular weight is 404 g/mol. The van der Waals surface area contributed by atoms with E-state index in [-0.39, 0.29) is 29.9 Å². The quantitative estimate of drug-likeness (QED) is 0.596. The summed E-state index contributed by atoms with van der Waals surface area (Å²) in [6.45, 7) is 0.488. The number of carbonyl (C=O) groups is 2. The normalized spacial score (nSPS) is 25.1. The second kappa shape index (κ2) is 7.05. The summed E-state index contributed by atoms with van der Waals surface area (Å²) in [6.07, 6.45) is 0.794. The maximum Gasteiger partial charge on any atom is 0.270 e. The number of nitrogens with zero attached hydrogens (tertiary/aromatic N) is 1. The summed E-state index contributed by atoms with van der Waals surface area (Å²) in [5.74, 6) is -0.851. The van der Waals surface area contributed by atoms with Crippen molar-refractivity contribution in [3.05, 3.63) is 52.8 Å². The first-order valence-electron chi connectivity index (χ1n) is 8.74. The molecule has 1 aromatic carbocycles. The number of hydrogen-bond acceptors (Lipinski definition) is 6. The number of pyridine rings is 1. The molecule has 2 aromatic rings. The molecule has 146 valence electrons. The van der Waals surface area contributed by atoms with Gasteiger partial charge < -0.3 is 25.6 Å². The molecular weight excluding hydrogens is 386 g/mol. The number of nitrogens with one attached hydrogen (secondary N) is 2. The largest absolute Gasteiger partial charge is 0.508 e. The van der Waals surface area contributed by atoms with Gasteiger partial charge in [0, 0.05) is 29.1 Å². The number of aromatic nitrogens is 1. The van der Waals surface area contributed by atoms with Crippen LogP contribution >= 0.6 is 11.6 Å². The van der Waals surface area contributed by atoms with Crippen molar-refractivity contribution in [2.45, 2.75) is 30.6 Å². The number of aliphatic hydroxyl groups excluding tert-OH is 1. The van der Waals surface area contributed by atoms with Crippen molar-refractivity contribution >= 4 is 29.1 Å². The van der Waals surface area contributed by atoms with Gasteiger partial charge in [0.2, 0.25) is 5.91 Å².